The fourth-order valence-corrected chi connectivity index (χ4v) is 2.48. The normalized spacial score (nSPS) is 20.1. The minimum absolute atomic E-state index is 0.0488. The predicted octanol–water partition coefficient (Wildman–Crippen LogP) is 3.84. The standard InChI is InChI=1S/C15H12F2N2O2/c16-10-6-12(17)15(19(20)21)14(7-10)18-13-8-11(13)9-4-2-1-3-5-9/h1-7,11,13,18H,8H2. The van der Waals surface area contributed by atoms with Gasteiger partial charge < -0.3 is 5.32 Å². The summed E-state index contributed by atoms with van der Waals surface area (Å²) < 4.78 is 26.8. The topological polar surface area (TPSA) is 55.2 Å². The Balaban J connectivity index is 1.82. The Morgan fingerprint density at radius 3 is 2.57 bits per heavy atom. The van der Waals surface area contributed by atoms with Crippen LogP contribution in [0.3, 0.4) is 0 Å². The fraction of sp³-hybridized carbons (Fsp3) is 0.200. The van der Waals surface area contributed by atoms with Crippen LogP contribution in [-0.2, 0) is 0 Å². The summed E-state index contributed by atoms with van der Waals surface area (Å²) in [7, 11) is 0. The van der Waals surface area contributed by atoms with Crippen molar-refractivity contribution in [2.75, 3.05) is 5.32 Å². The molecule has 4 nitrogen and oxygen atoms in total. The number of anilines is 1. The first-order valence-electron chi connectivity index (χ1n) is 6.51. The molecule has 0 spiro atoms. The van der Waals surface area contributed by atoms with E-state index in [2.05, 4.69) is 5.32 Å². The summed E-state index contributed by atoms with van der Waals surface area (Å²) in [6.45, 7) is 0. The summed E-state index contributed by atoms with van der Waals surface area (Å²) in [5.74, 6) is -1.80. The number of nitro benzene ring substituents is 1. The van der Waals surface area contributed by atoms with Gasteiger partial charge in [-0.2, -0.15) is 4.39 Å². The molecule has 2 aromatic rings. The van der Waals surface area contributed by atoms with E-state index in [0.29, 0.717) is 6.07 Å². The monoisotopic (exact) mass is 290 g/mol. The molecule has 1 N–H and O–H groups in total. The molecule has 0 radical (unpaired) electrons. The fourth-order valence-electron chi connectivity index (χ4n) is 2.48. The number of nitrogens with one attached hydrogen (secondary N) is 1. The highest BCUT2D eigenvalue weighted by Crippen LogP contribution is 2.44. The molecule has 0 aliphatic heterocycles. The van der Waals surface area contributed by atoms with Gasteiger partial charge in [-0.15, -0.1) is 0 Å². The molecule has 21 heavy (non-hydrogen) atoms. The first kappa shape index (κ1) is 13.5. The van der Waals surface area contributed by atoms with Crippen molar-refractivity contribution < 1.29 is 13.7 Å². The second-order valence-corrected chi connectivity index (χ2v) is 5.04. The Bertz CT molecular complexity index is 692. The van der Waals surface area contributed by atoms with Crippen molar-refractivity contribution in [2.45, 2.75) is 18.4 Å². The van der Waals surface area contributed by atoms with E-state index < -0.39 is 22.2 Å². The van der Waals surface area contributed by atoms with Crippen LogP contribution in [0.5, 0.6) is 0 Å². The van der Waals surface area contributed by atoms with E-state index in [1.165, 1.54) is 0 Å². The van der Waals surface area contributed by atoms with E-state index in [4.69, 9.17) is 0 Å². The quantitative estimate of drug-likeness (QED) is 0.687. The van der Waals surface area contributed by atoms with Crippen molar-refractivity contribution in [2.24, 2.45) is 0 Å². The Hall–Kier alpha value is -2.50. The Labute approximate surface area is 119 Å². The van der Waals surface area contributed by atoms with E-state index in [0.717, 1.165) is 18.1 Å². The molecule has 108 valence electrons. The molecule has 2 atom stereocenters. The third kappa shape index (κ3) is 2.69. The van der Waals surface area contributed by atoms with E-state index >= 15 is 0 Å². The van der Waals surface area contributed by atoms with Gasteiger partial charge >= 0.3 is 5.69 Å². The SMILES string of the molecule is O=[N+]([O-])c1c(F)cc(F)cc1NC1CC1c1ccccc1. The average molecular weight is 290 g/mol. The summed E-state index contributed by atoms with van der Waals surface area (Å²) in [6, 6.07) is 11.1. The molecule has 2 aromatic carbocycles. The predicted molar refractivity (Wildman–Crippen MR) is 74.2 cm³/mol. The van der Waals surface area contributed by atoms with Gasteiger partial charge in [-0.1, -0.05) is 30.3 Å². The number of halogens is 2. The minimum Gasteiger partial charge on any atom is -0.376 e. The molecule has 6 heteroatoms. The van der Waals surface area contributed by atoms with Gasteiger partial charge in [0.05, 0.1) is 4.92 Å². The lowest BCUT2D eigenvalue weighted by atomic mass is 10.1. The third-order valence-electron chi connectivity index (χ3n) is 3.57. The molecule has 3 rings (SSSR count). The number of rotatable bonds is 4. The van der Waals surface area contributed by atoms with E-state index in [-0.39, 0.29) is 17.6 Å². The highest BCUT2D eigenvalue weighted by molar-refractivity contribution is 5.63. The molecule has 1 aliphatic rings. The summed E-state index contributed by atoms with van der Waals surface area (Å²) >= 11 is 0. The molecule has 1 fully saturated rings. The number of nitro groups is 1. The van der Waals surface area contributed by atoms with Gasteiger partial charge in [-0.05, 0) is 12.0 Å². The van der Waals surface area contributed by atoms with Gasteiger partial charge in [0.15, 0.2) is 0 Å². The number of nitrogens with zero attached hydrogens (tertiary/aromatic N) is 1. The molecule has 0 bridgehead atoms. The van der Waals surface area contributed by atoms with Crippen LogP contribution < -0.4 is 5.32 Å². The first-order valence-corrected chi connectivity index (χ1v) is 6.51. The van der Waals surface area contributed by atoms with Crippen LogP contribution in [0.15, 0.2) is 42.5 Å². The van der Waals surface area contributed by atoms with Gasteiger partial charge in [0.1, 0.15) is 11.5 Å². The number of hydrogen-bond acceptors (Lipinski definition) is 3. The number of hydrogen-bond donors (Lipinski definition) is 1. The van der Waals surface area contributed by atoms with Crippen molar-refractivity contribution in [3.63, 3.8) is 0 Å². The zero-order chi connectivity index (χ0) is 15.0. The molecule has 1 saturated carbocycles. The van der Waals surface area contributed by atoms with E-state index in [1.807, 2.05) is 30.3 Å². The van der Waals surface area contributed by atoms with Gasteiger partial charge in [0, 0.05) is 24.1 Å². The van der Waals surface area contributed by atoms with Gasteiger partial charge in [-0.3, -0.25) is 10.1 Å². The first-order chi connectivity index (χ1) is 10.1. The van der Waals surface area contributed by atoms with Gasteiger partial charge in [0.2, 0.25) is 5.82 Å². The van der Waals surface area contributed by atoms with E-state index in [1.54, 1.807) is 0 Å². The summed E-state index contributed by atoms with van der Waals surface area (Å²) in [6.07, 6.45) is 0.777. The molecule has 0 amide bonds. The van der Waals surface area contributed by atoms with Crippen LogP contribution >= 0.6 is 0 Å². The van der Waals surface area contributed by atoms with Gasteiger partial charge in [0.25, 0.3) is 0 Å². The maximum Gasteiger partial charge on any atom is 0.327 e. The van der Waals surface area contributed by atoms with Crippen molar-refractivity contribution in [1.29, 1.82) is 0 Å². The van der Waals surface area contributed by atoms with Crippen LogP contribution in [0.25, 0.3) is 0 Å². The molecular weight excluding hydrogens is 278 g/mol. The van der Waals surface area contributed by atoms with Crippen molar-refractivity contribution in [1.82, 2.24) is 0 Å². The van der Waals surface area contributed by atoms with Crippen molar-refractivity contribution >= 4 is 11.4 Å². The summed E-state index contributed by atoms with van der Waals surface area (Å²) in [5.41, 5.74) is 0.283. The highest BCUT2D eigenvalue weighted by atomic mass is 19.1. The largest absolute Gasteiger partial charge is 0.376 e. The zero-order valence-electron chi connectivity index (χ0n) is 10.9. The van der Waals surface area contributed by atoms with Crippen LogP contribution in [0.2, 0.25) is 0 Å². The van der Waals surface area contributed by atoms with Crippen LogP contribution in [0.1, 0.15) is 17.9 Å². The second kappa shape index (κ2) is 5.12. The minimum atomic E-state index is -1.17. The van der Waals surface area contributed by atoms with Gasteiger partial charge in [-0.25, -0.2) is 4.39 Å². The maximum absolute atomic E-state index is 13.5. The van der Waals surface area contributed by atoms with Crippen LogP contribution in [-0.4, -0.2) is 11.0 Å². The zero-order valence-corrected chi connectivity index (χ0v) is 10.9. The van der Waals surface area contributed by atoms with Crippen molar-refractivity contribution in [3.8, 4) is 0 Å². The molecule has 0 heterocycles. The molecule has 1 aliphatic carbocycles. The van der Waals surface area contributed by atoms with Crippen LogP contribution in [0.4, 0.5) is 20.2 Å². The lowest BCUT2D eigenvalue weighted by Crippen LogP contribution is -2.08. The van der Waals surface area contributed by atoms with Crippen LogP contribution in [0, 0.1) is 21.7 Å². The van der Waals surface area contributed by atoms with Crippen molar-refractivity contribution in [3.05, 3.63) is 69.8 Å². The second-order valence-electron chi connectivity index (χ2n) is 5.04. The molecule has 0 aromatic heterocycles. The highest BCUT2D eigenvalue weighted by Gasteiger charge is 2.39. The lowest BCUT2D eigenvalue weighted by molar-refractivity contribution is -0.386. The Kier molecular flexibility index (Phi) is 3.29. The maximum atomic E-state index is 13.5. The third-order valence-corrected chi connectivity index (χ3v) is 3.57. The average Bonchev–Trinajstić information content (AvgIpc) is 3.17. The number of benzene rings is 2. The lowest BCUT2D eigenvalue weighted by Gasteiger charge is -2.08. The smallest absolute Gasteiger partial charge is 0.327 e. The Morgan fingerprint density at radius 1 is 1.19 bits per heavy atom. The summed E-state index contributed by atoms with van der Waals surface area (Å²) in [4.78, 5) is 10.1. The van der Waals surface area contributed by atoms with E-state index in [9.17, 15) is 18.9 Å². The molecule has 0 saturated heterocycles. The molecule has 2 unspecified atom stereocenters. The molecular formula is C15H12F2N2O2. The Morgan fingerprint density at radius 2 is 1.90 bits per heavy atom. The summed E-state index contributed by atoms with van der Waals surface area (Å²) in [5, 5.41) is 13.8.